The van der Waals surface area contributed by atoms with E-state index in [1.807, 2.05) is 30.3 Å². The minimum atomic E-state index is -1.25. The number of ether oxygens (including phenoxy) is 2. The van der Waals surface area contributed by atoms with Gasteiger partial charge in [-0.25, -0.2) is 4.79 Å². The quantitative estimate of drug-likeness (QED) is 0.613. The molecule has 0 saturated heterocycles. The number of esters is 2. The minimum Gasteiger partial charge on any atom is -0.465 e. The molecule has 0 aromatic heterocycles. The van der Waals surface area contributed by atoms with Crippen molar-refractivity contribution in [2.24, 2.45) is 5.41 Å². The molecule has 5 nitrogen and oxygen atoms in total. The number of benzene rings is 1. The molecule has 0 aliphatic rings. The normalized spacial score (nSPS) is 13.7. The zero-order valence-electron chi connectivity index (χ0n) is 12.2. The zero-order chi connectivity index (χ0) is 15.7. The van der Waals surface area contributed by atoms with Crippen LogP contribution >= 0.6 is 0 Å². The Morgan fingerprint density at radius 3 is 2.48 bits per heavy atom. The SMILES string of the molecule is CCOC(=O)[C@](C)(/C=C/C(=O)OCc1ccccc1)CO. The van der Waals surface area contributed by atoms with Crippen molar-refractivity contribution in [2.45, 2.75) is 20.5 Å². The minimum absolute atomic E-state index is 0.152. The van der Waals surface area contributed by atoms with E-state index in [0.717, 1.165) is 11.6 Å². The summed E-state index contributed by atoms with van der Waals surface area (Å²) in [6.45, 7) is 3.08. The van der Waals surface area contributed by atoms with Gasteiger partial charge in [0, 0.05) is 6.08 Å². The summed E-state index contributed by atoms with van der Waals surface area (Å²) in [5.74, 6) is -1.16. The summed E-state index contributed by atoms with van der Waals surface area (Å²) < 4.78 is 9.91. The third-order valence-electron chi connectivity index (χ3n) is 2.88. The van der Waals surface area contributed by atoms with Crippen LogP contribution in [0.1, 0.15) is 19.4 Å². The van der Waals surface area contributed by atoms with E-state index in [9.17, 15) is 14.7 Å². The lowest BCUT2D eigenvalue weighted by molar-refractivity contribution is -0.153. The van der Waals surface area contributed by atoms with Crippen LogP contribution in [0.5, 0.6) is 0 Å². The number of carbonyl (C=O) groups excluding carboxylic acids is 2. The van der Waals surface area contributed by atoms with Crippen LogP contribution in [-0.4, -0.2) is 30.3 Å². The van der Waals surface area contributed by atoms with Gasteiger partial charge in [-0.1, -0.05) is 36.4 Å². The average molecular weight is 292 g/mol. The molecule has 0 amide bonds. The van der Waals surface area contributed by atoms with Crippen molar-refractivity contribution in [2.75, 3.05) is 13.2 Å². The second-order valence-corrected chi connectivity index (χ2v) is 4.72. The van der Waals surface area contributed by atoms with Crippen LogP contribution in [0, 0.1) is 5.41 Å². The van der Waals surface area contributed by atoms with Crippen molar-refractivity contribution in [1.29, 1.82) is 0 Å². The lowest BCUT2D eigenvalue weighted by atomic mass is 9.91. The highest BCUT2D eigenvalue weighted by molar-refractivity contribution is 5.85. The summed E-state index contributed by atoms with van der Waals surface area (Å²) >= 11 is 0. The van der Waals surface area contributed by atoms with Gasteiger partial charge in [-0.3, -0.25) is 4.79 Å². The van der Waals surface area contributed by atoms with Crippen LogP contribution in [-0.2, 0) is 25.7 Å². The van der Waals surface area contributed by atoms with Gasteiger partial charge in [0.05, 0.1) is 13.2 Å². The smallest absolute Gasteiger partial charge is 0.330 e. The lowest BCUT2D eigenvalue weighted by Gasteiger charge is -2.20. The molecule has 5 heteroatoms. The largest absolute Gasteiger partial charge is 0.465 e. The molecule has 0 aliphatic heterocycles. The molecule has 1 rings (SSSR count). The summed E-state index contributed by atoms with van der Waals surface area (Å²) in [5, 5.41) is 9.30. The van der Waals surface area contributed by atoms with E-state index in [1.165, 1.54) is 13.0 Å². The molecule has 0 radical (unpaired) electrons. The molecule has 114 valence electrons. The molecule has 0 fully saturated rings. The van der Waals surface area contributed by atoms with Gasteiger partial charge in [0.25, 0.3) is 0 Å². The first kappa shape index (κ1) is 16.9. The van der Waals surface area contributed by atoms with Crippen LogP contribution < -0.4 is 0 Å². The number of hydrogen-bond acceptors (Lipinski definition) is 5. The second-order valence-electron chi connectivity index (χ2n) is 4.72. The molecule has 21 heavy (non-hydrogen) atoms. The fourth-order valence-corrected chi connectivity index (χ4v) is 1.51. The highest BCUT2D eigenvalue weighted by Crippen LogP contribution is 2.19. The molecule has 0 heterocycles. The van der Waals surface area contributed by atoms with Crippen molar-refractivity contribution in [3.63, 3.8) is 0 Å². The predicted octanol–water partition coefficient (Wildman–Crippen LogP) is 1.85. The first-order valence-electron chi connectivity index (χ1n) is 6.70. The van der Waals surface area contributed by atoms with Gasteiger partial charge in [0.1, 0.15) is 12.0 Å². The monoisotopic (exact) mass is 292 g/mol. The predicted molar refractivity (Wildman–Crippen MR) is 77.2 cm³/mol. The highest BCUT2D eigenvalue weighted by atomic mass is 16.5. The molecule has 1 atom stereocenters. The van der Waals surface area contributed by atoms with Gasteiger partial charge < -0.3 is 14.6 Å². The Balaban J connectivity index is 2.57. The molecular weight excluding hydrogens is 272 g/mol. The van der Waals surface area contributed by atoms with Crippen LogP contribution in [0.25, 0.3) is 0 Å². The van der Waals surface area contributed by atoms with E-state index in [1.54, 1.807) is 6.92 Å². The molecule has 0 aliphatic carbocycles. The van der Waals surface area contributed by atoms with Crippen molar-refractivity contribution in [3.8, 4) is 0 Å². The van der Waals surface area contributed by atoms with E-state index in [0.29, 0.717) is 0 Å². The maximum absolute atomic E-state index is 11.7. The molecule has 1 aromatic rings. The van der Waals surface area contributed by atoms with Crippen LogP contribution in [0.3, 0.4) is 0 Å². The highest BCUT2D eigenvalue weighted by Gasteiger charge is 2.31. The summed E-state index contributed by atoms with van der Waals surface area (Å²) in [6.07, 6.45) is 2.44. The Labute approximate surface area is 124 Å². The number of aliphatic hydroxyl groups excluding tert-OH is 1. The fraction of sp³-hybridized carbons (Fsp3) is 0.375. The van der Waals surface area contributed by atoms with Gasteiger partial charge in [-0.2, -0.15) is 0 Å². The standard InChI is InChI=1S/C16H20O5/c1-3-20-15(19)16(2,12-17)10-9-14(18)21-11-13-7-5-4-6-8-13/h4-10,17H,3,11-12H2,1-2H3/b10-9+/t16-/m1/s1. The number of aliphatic hydroxyl groups is 1. The van der Waals surface area contributed by atoms with Crippen LogP contribution in [0.15, 0.2) is 42.5 Å². The number of rotatable bonds is 7. The van der Waals surface area contributed by atoms with Gasteiger partial charge >= 0.3 is 11.9 Å². The van der Waals surface area contributed by atoms with Gasteiger partial charge in [-0.05, 0) is 19.4 Å². The van der Waals surface area contributed by atoms with E-state index in [-0.39, 0.29) is 13.2 Å². The van der Waals surface area contributed by atoms with Gasteiger partial charge in [0.15, 0.2) is 0 Å². The van der Waals surface area contributed by atoms with Crippen LogP contribution in [0.2, 0.25) is 0 Å². The van der Waals surface area contributed by atoms with Gasteiger partial charge in [-0.15, -0.1) is 0 Å². The Morgan fingerprint density at radius 1 is 1.24 bits per heavy atom. The Morgan fingerprint density at radius 2 is 1.90 bits per heavy atom. The van der Waals surface area contributed by atoms with Crippen molar-refractivity contribution < 1.29 is 24.2 Å². The summed E-state index contributed by atoms with van der Waals surface area (Å²) in [5.41, 5.74) is -0.378. The number of hydrogen-bond donors (Lipinski definition) is 1. The lowest BCUT2D eigenvalue weighted by Crippen LogP contribution is -2.31. The first-order chi connectivity index (χ1) is 10.0. The third kappa shape index (κ3) is 5.39. The summed E-state index contributed by atoms with van der Waals surface area (Å²) in [4.78, 5) is 23.3. The second kappa shape index (κ2) is 8.21. The molecule has 0 bridgehead atoms. The van der Waals surface area contributed by atoms with Crippen molar-refractivity contribution >= 4 is 11.9 Å². The first-order valence-corrected chi connectivity index (χ1v) is 6.70. The molecular formula is C16H20O5. The maximum atomic E-state index is 11.7. The average Bonchev–Trinajstić information content (AvgIpc) is 2.51. The molecule has 0 spiro atoms. The maximum Gasteiger partial charge on any atom is 0.330 e. The molecule has 1 aromatic carbocycles. The van der Waals surface area contributed by atoms with Gasteiger partial charge in [0.2, 0.25) is 0 Å². The molecule has 0 unspecified atom stereocenters. The fourth-order valence-electron chi connectivity index (χ4n) is 1.51. The van der Waals surface area contributed by atoms with Crippen molar-refractivity contribution in [3.05, 3.63) is 48.0 Å². The van der Waals surface area contributed by atoms with Crippen molar-refractivity contribution in [1.82, 2.24) is 0 Å². The number of carbonyl (C=O) groups is 2. The molecule has 0 saturated carbocycles. The Bertz CT molecular complexity index is 495. The molecule has 1 N–H and O–H groups in total. The summed E-state index contributed by atoms with van der Waals surface area (Å²) in [7, 11) is 0. The Kier molecular flexibility index (Phi) is 6.62. The van der Waals surface area contributed by atoms with E-state index in [4.69, 9.17) is 9.47 Å². The van der Waals surface area contributed by atoms with E-state index >= 15 is 0 Å². The van der Waals surface area contributed by atoms with E-state index < -0.39 is 24.0 Å². The van der Waals surface area contributed by atoms with E-state index in [2.05, 4.69) is 0 Å². The van der Waals surface area contributed by atoms with Crippen LogP contribution in [0.4, 0.5) is 0 Å². The summed E-state index contributed by atoms with van der Waals surface area (Å²) in [6, 6.07) is 9.25. The Hall–Kier alpha value is -2.14. The third-order valence-corrected chi connectivity index (χ3v) is 2.88. The zero-order valence-corrected chi connectivity index (χ0v) is 12.2. The topological polar surface area (TPSA) is 72.8 Å².